The molecule has 0 aliphatic carbocycles. The van der Waals surface area contributed by atoms with Crippen LogP contribution in [0.5, 0.6) is 0 Å². The normalized spacial score (nSPS) is 12.6. The van der Waals surface area contributed by atoms with Gasteiger partial charge in [-0.1, -0.05) is 32.9 Å². The third-order valence-electron chi connectivity index (χ3n) is 3.80. The fourth-order valence-electron chi connectivity index (χ4n) is 2.24. The second-order valence-electron chi connectivity index (χ2n) is 7.24. The van der Waals surface area contributed by atoms with Crippen LogP contribution in [0.15, 0.2) is 18.2 Å². The fraction of sp³-hybridized carbons (Fsp3) is 0.647. The number of hydrogen-bond donors (Lipinski definition) is 1. The van der Waals surface area contributed by atoms with E-state index in [4.69, 9.17) is 0 Å². The van der Waals surface area contributed by atoms with E-state index in [1.807, 2.05) is 7.05 Å². The van der Waals surface area contributed by atoms with E-state index < -0.39 is 0 Å². The molecule has 1 aromatic carbocycles. The van der Waals surface area contributed by atoms with Gasteiger partial charge in [-0.2, -0.15) is 0 Å². The maximum Gasteiger partial charge on any atom is 0.0396 e. The third kappa shape index (κ3) is 4.24. The zero-order valence-electron chi connectivity index (χ0n) is 13.9. The SMILES string of the molecule is CNC(C)(C)CN(C)c1cc(C(C)(C)C)ccc1C. The second kappa shape index (κ2) is 5.54. The summed E-state index contributed by atoms with van der Waals surface area (Å²) in [6.07, 6.45) is 0. The highest BCUT2D eigenvalue weighted by atomic mass is 15.1. The lowest BCUT2D eigenvalue weighted by atomic mass is 9.86. The molecule has 0 aliphatic heterocycles. The molecule has 2 nitrogen and oxygen atoms in total. The fourth-order valence-corrected chi connectivity index (χ4v) is 2.24. The zero-order chi connectivity index (χ0) is 14.8. The Kier molecular flexibility index (Phi) is 4.67. The van der Waals surface area contributed by atoms with Gasteiger partial charge in [-0.3, -0.25) is 0 Å². The molecule has 0 atom stereocenters. The Balaban J connectivity index is 3.06. The molecule has 0 aliphatic rings. The summed E-state index contributed by atoms with van der Waals surface area (Å²) in [5.41, 5.74) is 4.36. The summed E-state index contributed by atoms with van der Waals surface area (Å²) in [7, 11) is 4.19. The van der Waals surface area contributed by atoms with Crippen LogP contribution >= 0.6 is 0 Å². The van der Waals surface area contributed by atoms with Crippen LogP contribution in [0.1, 0.15) is 45.7 Å². The molecule has 1 N–H and O–H groups in total. The summed E-state index contributed by atoms with van der Waals surface area (Å²) in [5, 5.41) is 3.36. The maximum absolute atomic E-state index is 3.36. The van der Waals surface area contributed by atoms with E-state index in [0.717, 1.165) is 6.54 Å². The largest absolute Gasteiger partial charge is 0.373 e. The van der Waals surface area contributed by atoms with Crippen molar-refractivity contribution >= 4 is 5.69 Å². The van der Waals surface area contributed by atoms with Crippen molar-refractivity contribution in [2.75, 3.05) is 25.5 Å². The van der Waals surface area contributed by atoms with E-state index in [1.54, 1.807) is 0 Å². The number of benzene rings is 1. The van der Waals surface area contributed by atoms with Crippen LogP contribution in [0.2, 0.25) is 0 Å². The summed E-state index contributed by atoms with van der Waals surface area (Å²) < 4.78 is 0. The van der Waals surface area contributed by atoms with Gasteiger partial charge >= 0.3 is 0 Å². The molecule has 0 unspecified atom stereocenters. The molecule has 0 spiro atoms. The number of likely N-dealkylation sites (N-methyl/N-ethyl adjacent to an activating group) is 2. The minimum absolute atomic E-state index is 0.110. The maximum atomic E-state index is 3.36. The molecule has 0 aromatic heterocycles. The van der Waals surface area contributed by atoms with E-state index >= 15 is 0 Å². The van der Waals surface area contributed by atoms with Gasteiger partial charge in [0.1, 0.15) is 0 Å². The highest BCUT2D eigenvalue weighted by molar-refractivity contribution is 5.55. The van der Waals surface area contributed by atoms with Crippen LogP contribution in [-0.4, -0.2) is 26.2 Å². The first-order chi connectivity index (χ1) is 8.57. The molecule has 0 heterocycles. The Morgan fingerprint density at radius 1 is 1.11 bits per heavy atom. The van der Waals surface area contributed by atoms with Gasteiger partial charge in [0.15, 0.2) is 0 Å². The predicted octanol–water partition coefficient (Wildman–Crippen LogP) is 3.73. The highest BCUT2D eigenvalue weighted by Gasteiger charge is 2.20. The molecular weight excluding hydrogens is 232 g/mol. The Hall–Kier alpha value is -1.02. The number of aryl methyl sites for hydroxylation is 1. The monoisotopic (exact) mass is 262 g/mol. The summed E-state index contributed by atoms with van der Waals surface area (Å²) in [6, 6.07) is 6.82. The molecule has 19 heavy (non-hydrogen) atoms. The standard InChI is InChI=1S/C17H30N2/c1-13-9-10-14(16(2,3)4)11-15(13)19(8)12-17(5,6)18-7/h9-11,18H,12H2,1-8H3. The van der Waals surface area contributed by atoms with E-state index in [1.165, 1.54) is 16.8 Å². The minimum atomic E-state index is 0.110. The second-order valence-corrected chi connectivity index (χ2v) is 7.24. The van der Waals surface area contributed by atoms with Gasteiger partial charge in [0.25, 0.3) is 0 Å². The first-order valence-corrected chi connectivity index (χ1v) is 7.08. The van der Waals surface area contributed by atoms with Gasteiger partial charge in [0.2, 0.25) is 0 Å². The first-order valence-electron chi connectivity index (χ1n) is 7.08. The molecule has 0 radical (unpaired) electrons. The predicted molar refractivity (Wildman–Crippen MR) is 86.3 cm³/mol. The molecule has 0 saturated carbocycles. The summed E-state index contributed by atoms with van der Waals surface area (Å²) in [6.45, 7) is 14.4. The van der Waals surface area contributed by atoms with Gasteiger partial charge in [-0.25, -0.2) is 0 Å². The Morgan fingerprint density at radius 3 is 2.16 bits per heavy atom. The molecule has 0 fully saturated rings. The van der Waals surface area contributed by atoms with Gasteiger partial charge in [0, 0.05) is 24.8 Å². The Labute approximate surface area is 119 Å². The van der Waals surface area contributed by atoms with Crippen LogP contribution in [-0.2, 0) is 5.41 Å². The van der Waals surface area contributed by atoms with Crippen molar-refractivity contribution in [1.29, 1.82) is 0 Å². The average Bonchev–Trinajstić information content (AvgIpc) is 2.27. The van der Waals surface area contributed by atoms with Crippen molar-refractivity contribution in [2.24, 2.45) is 0 Å². The summed E-state index contributed by atoms with van der Waals surface area (Å²) >= 11 is 0. The lowest BCUT2D eigenvalue weighted by Gasteiger charge is -2.33. The lowest BCUT2D eigenvalue weighted by Crippen LogP contribution is -2.46. The van der Waals surface area contributed by atoms with E-state index in [0.29, 0.717) is 0 Å². The van der Waals surface area contributed by atoms with Gasteiger partial charge in [-0.15, -0.1) is 0 Å². The highest BCUT2D eigenvalue weighted by Crippen LogP contribution is 2.29. The van der Waals surface area contributed by atoms with E-state index in [9.17, 15) is 0 Å². The minimum Gasteiger partial charge on any atom is -0.373 e. The van der Waals surface area contributed by atoms with Crippen LogP contribution < -0.4 is 10.2 Å². The van der Waals surface area contributed by atoms with Gasteiger partial charge < -0.3 is 10.2 Å². The number of hydrogen-bond acceptors (Lipinski definition) is 2. The quantitative estimate of drug-likeness (QED) is 0.889. The number of nitrogens with zero attached hydrogens (tertiary/aromatic N) is 1. The molecule has 0 amide bonds. The van der Waals surface area contributed by atoms with Crippen molar-refractivity contribution in [1.82, 2.24) is 5.32 Å². The van der Waals surface area contributed by atoms with E-state index in [-0.39, 0.29) is 11.0 Å². The number of rotatable bonds is 4. The zero-order valence-corrected chi connectivity index (χ0v) is 13.9. The topological polar surface area (TPSA) is 15.3 Å². The van der Waals surface area contributed by atoms with Crippen molar-refractivity contribution in [3.63, 3.8) is 0 Å². The van der Waals surface area contributed by atoms with Gasteiger partial charge in [0.05, 0.1) is 0 Å². The molecular formula is C17H30N2. The van der Waals surface area contributed by atoms with Crippen LogP contribution in [0, 0.1) is 6.92 Å². The van der Waals surface area contributed by atoms with E-state index in [2.05, 4.69) is 77.0 Å². The Bertz CT molecular complexity index is 427. The molecule has 2 heteroatoms. The van der Waals surface area contributed by atoms with Crippen molar-refractivity contribution < 1.29 is 0 Å². The van der Waals surface area contributed by atoms with Crippen LogP contribution in [0.3, 0.4) is 0 Å². The van der Waals surface area contributed by atoms with Gasteiger partial charge in [-0.05, 0) is 50.4 Å². The van der Waals surface area contributed by atoms with Crippen molar-refractivity contribution in [3.8, 4) is 0 Å². The van der Waals surface area contributed by atoms with Crippen LogP contribution in [0.4, 0.5) is 5.69 Å². The number of anilines is 1. The first kappa shape index (κ1) is 16.0. The smallest absolute Gasteiger partial charge is 0.0396 e. The molecule has 0 bridgehead atoms. The number of nitrogens with one attached hydrogen (secondary N) is 1. The molecule has 0 saturated heterocycles. The Morgan fingerprint density at radius 2 is 1.68 bits per heavy atom. The third-order valence-corrected chi connectivity index (χ3v) is 3.80. The molecule has 1 rings (SSSR count). The van der Waals surface area contributed by atoms with Crippen molar-refractivity contribution in [2.45, 2.75) is 52.5 Å². The average molecular weight is 262 g/mol. The van der Waals surface area contributed by atoms with Crippen molar-refractivity contribution in [3.05, 3.63) is 29.3 Å². The molecule has 1 aromatic rings. The summed E-state index contributed by atoms with van der Waals surface area (Å²) in [5.74, 6) is 0. The lowest BCUT2D eigenvalue weighted by molar-refractivity contribution is 0.428. The molecule has 108 valence electrons. The van der Waals surface area contributed by atoms with Crippen LogP contribution in [0.25, 0.3) is 0 Å². The summed E-state index contributed by atoms with van der Waals surface area (Å²) in [4.78, 5) is 2.35.